The highest BCUT2D eigenvalue weighted by atomic mass is 79.9. The van der Waals surface area contributed by atoms with Gasteiger partial charge < -0.3 is 9.67 Å². The summed E-state index contributed by atoms with van der Waals surface area (Å²) < 4.78 is 3.50. The van der Waals surface area contributed by atoms with Gasteiger partial charge in [-0.15, -0.1) is 11.3 Å². The molecule has 1 N–H and O–H groups in total. The van der Waals surface area contributed by atoms with E-state index in [1.165, 1.54) is 0 Å². The standard InChI is InChI=1S/C10H7Br2NO2S/c11-6-3-8(10(14)15)13(4-6)5-9-7(12)1-2-16-9/h1-4H,5H2,(H,14,15). The van der Waals surface area contributed by atoms with Crippen molar-refractivity contribution in [3.05, 3.63) is 43.2 Å². The van der Waals surface area contributed by atoms with Gasteiger partial charge in [0.1, 0.15) is 5.69 Å². The Bertz CT molecular complexity index is 533. The molecule has 2 heterocycles. The Labute approximate surface area is 113 Å². The number of nitrogens with zero attached hydrogens (tertiary/aromatic N) is 1. The van der Waals surface area contributed by atoms with Crippen molar-refractivity contribution in [2.75, 3.05) is 0 Å². The number of aromatic nitrogens is 1. The first kappa shape index (κ1) is 11.9. The third-order valence-electron chi connectivity index (χ3n) is 2.09. The highest BCUT2D eigenvalue weighted by Crippen LogP contribution is 2.25. The molecule has 0 aliphatic rings. The molecular weight excluding hydrogens is 358 g/mol. The molecule has 0 radical (unpaired) electrons. The van der Waals surface area contributed by atoms with Gasteiger partial charge in [-0.25, -0.2) is 4.79 Å². The van der Waals surface area contributed by atoms with Crippen LogP contribution in [-0.4, -0.2) is 15.6 Å². The van der Waals surface area contributed by atoms with E-state index in [1.807, 2.05) is 11.4 Å². The van der Waals surface area contributed by atoms with Crippen molar-refractivity contribution >= 4 is 49.2 Å². The van der Waals surface area contributed by atoms with E-state index < -0.39 is 5.97 Å². The van der Waals surface area contributed by atoms with E-state index in [0.29, 0.717) is 6.54 Å². The van der Waals surface area contributed by atoms with E-state index >= 15 is 0 Å². The molecule has 0 unspecified atom stereocenters. The van der Waals surface area contributed by atoms with E-state index in [1.54, 1.807) is 28.2 Å². The summed E-state index contributed by atoms with van der Waals surface area (Å²) in [6, 6.07) is 3.56. The lowest BCUT2D eigenvalue weighted by Crippen LogP contribution is -2.07. The van der Waals surface area contributed by atoms with Crippen molar-refractivity contribution in [3.63, 3.8) is 0 Å². The lowest BCUT2D eigenvalue weighted by atomic mass is 10.4. The molecule has 0 aromatic carbocycles. The van der Waals surface area contributed by atoms with Crippen LogP contribution in [0.25, 0.3) is 0 Å². The van der Waals surface area contributed by atoms with E-state index in [4.69, 9.17) is 5.11 Å². The lowest BCUT2D eigenvalue weighted by Gasteiger charge is -2.04. The van der Waals surface area contributed by atoms with Crippen LogP contribution in [0.15, 0.2) is 32.7 Å². The Morgan fingerprint density at radius 3 is 2.81 bits per heavy atom. The van der Waals surface area contributed by atoms with Crippen LogP contribution in [0, 0.1) is 0 Å². The molecule has 16 heavy (non-hydrogen) atoms. The second-order valence-electron chi connectivity index (χ2n) is 3.17. The van der Waals surface area contributed by atoms with Crippen molar-refractivity contribution in [1.82, 2.24) is 4.57 Å². The lowest BCUT2D eigenvalue weighted by molar-refractivity contribution is 0.0685. The van der Waals surface area contributed by atoms with Gasteiger partial charge in [-0.2, -0.15) is 0 Å². The predicted octanol–water partition coefficient (Wildman–Crippen LogP) is 3.82. The van der Waals surface area contributed by atoms with Gasteiger partial charge >= 0.3 is 5.97 Å². The molecule has 2 rings (SSSR count). The van der Waals surface area contributed by atoms with Crippen molar-refractivity contribution in [2.24, 2.45) is 0 Å². The van der Waals surface area contributed by atoms with Crippen LogP contribution in [0.1, 0.15) is 15.4 Å². The zero-order valence-electron chi connectivity index (χ0n) is 7.98. The third-order valence-corrected chi connectivity index (χ3v) is 4.43. The number of rotatable bonds is 3. The molecular formula is C10H7Br2NO2S. The minimum absolute atomic E-state index is 0.284. The van der Waals surface area contributed by atoms with Crippen LogP contribution >= 0.6 is 43.2 Å². The van der Waals surface area contributed by atoms with Crippen molar-refractivity contribution < 1.29 is 9.90 Å². The summed E-state index contributed by atoms with van der Waals surface area (Å²) in [5.41, 5.74) is 0.284. The van der Waals surface area contributed by atoms with E-state index in [0.717, 1.165) is 13.8 Å². The maximum atomic E-state index is 11.0. The molecule has 0 saturated heterocycles. The summed E-state index contributed by atoms with van der Waals surface area (Å²) in [7, 11) is 0. The van der Waals surface area contributed by atoms with E-state index in [9.17, 15) is 4.79 Å². The van der Waals surface area contributed by atoms with Crippen molar-refractivity contribution in [1.29, 1.82) is 0 Å². The topological polar surface area (TPSA) is 42.2 Å². The Morgan fingerprint density at radius 1 is 1.50 bits per heavy atom. The molecule has 0 aliphatic carbocycles. The van der Waals surface area contributed by atoms with Gasteiger partial charge in [0, 0.05) is 20.0 Å². The van der Waals surface area contributed by atoms with Gasteiger partial charge in [0.25, 0.3) is 0 Å². The number of carbonyl (C=O) groups is 1. The van der Waals surface area contributed by atoms with Crippen molar-refractivity contribution in [2.45, 2.75) is 6.54 Å². The molecule has 0 spiro atoms. The number of carboxylic acids is 1. The molecule has 3 nitrogen and oxygen atoms in total. The predicted molar refractivity (Wildman–Crippen MR) is 70.2 cm³/mol. The van der Waals surface area contributed by atoms with Crippen LogP contribution in [0.2, 0.25) is 0 Å². The summed E-state index contributed by atoms with van der Waals surface area (Å²) in [4.78, 5) is 12.1. The number of hydrogen-bond acceptors (Lipinski definition) is 2. The minimum atomic E-state index is -0.918. The van der Waals surface area contributed by atoms with Crippen molar-refractivity contribution in [3.8, 4) is 0 Å². The average molecular weight is 365 g/mol. The first-order chi connectivity index (χ1) is 7.58. The summed E-state index contributed by atoms with van der Waals surface area (Å²) in [5.74, 6) is -0.918. The first-order valence-electron chi connectivity index (χ1n) is 4.39. The molecule has 6 heteroatoms. The average Bonchev–Trinajstić information content (AvgIpc) is 2.75. The molecule has 0 atom stereocenters. The van der Waals surface area contributed by atoms with Gasteiger partial charge in [-0.1, -0.05) is 0 Å². The number of halogens is 2. The monoisotopic (exact) mass is 363 g/mol. The summed E-state index contributed by atoms with van der Waals surface area (Å²) in [6.45, 7) is 0.561. The Morgan fingerprint density at radius 2 is 2.25 bits per heavy atom. The molecule has 0 amide bonds. The fourth-order valence-corrected chi connectivity index (χ4v) is 3.32. The molecule has 0 saturated carbocycles. The number of aromatic carboxylic acids is 1. The molecule has 2 aromatic rings. The Kier molecular flexibility index (Phi) is 3.51. The van der Waals surface area contributed by atoms with Gasteiger partial charge in [-0.05, 0) is 49.4 Å². The molecule has 84 valence electrons. The fourth-order valence-electron chi connectivity index (χ4n) is 1.38. The number of hydrogen-bond donors (Lipinski definition) is 1. The smallest absolute Gasteiger partial charge is 0.352 e. The van der Waals surface area contributed by atoms with Crippen LogP contribution in [0.4, 0.5) is 0 Å². The SMILES string of the molecule is O=C(O)c1cc(Br)cn1Cc1sccc1Br. The molecule has 0 fully saturated rings. The molecule has 0 aliphatic heterocycles. The van der Waals surface area contributed by atoms with E-state index in [-0.39, 0.29) is 5.69 Å². The number of thiophene rings is 1. The molecule has 2 aromatic heterocycles. The zero-order valence-corrected chi connectivity index (χ0v) is 12.0. The number of carboxylic acid groups (broad SMARTS) is 1. The minimum Gasteiger partial charge on any atom is -0.477 e. The Balaban J connectivity index is 2.34. The molecule has 0 bridgehead atoms. The third kappa shape index (κ3) is 2.39. The maximum Gasteiger partial charge on any atom is 0.352 e. The Hall–Kier alpha value is -0.590. The highest BCUT2D eigenvalue weighted by molar-refractivity contribution is 9.10. The van der Waals surface area contributed by atoms with Crippen LogP contribution < -0.4 is 0 Å². The largest absolute Gasteiger partial charge is 0.477 e. The normalized spacial score (nSPS) is 10.6. The van der Waals surface area contributed by atoms with Crippen LogP contribution in [-0.2, 0) is 6.54 Å². The van der Waals surface area contributed by atoms with Gasteiger partial charge in [0.15, 0.2) is 0 Å². The summed E-state index contributed by atoms with van der Waals surface area (Å²) in [6.07, 6.45) is 1.77. The van der Waals surface area contributed by atoms with E-state index in [2.05, 4.69) is 31.9 Å². The second kappa shape index (κ2) is 4.73. The summed E-state index contributed by atoms with van der Waals surface area (Å²) in [5, 5.41) is 11.0. The van der Waals surface area contributed by atoms with Gasteiger partial charge in [0.2, 0.25) is 0 Å². The quantitative estimate of drug-likeness (QED) is 0.899. The second-order valence-corrected chi connectivity index (χ2v) is 5.94. The van der Waals surface area contributed by atoms with Crippen LogP contribution in [0.5, 0.6) is 0 Å². The zero-order chi connectivity index (χ0) is 11.7. The van der Waals surface area contributed by atoms with Gasteiger partial charge in [-0.3, -0.25) is 0 Å². The highest BCUT2D eigenvalue weighted by Gasteiger charge is 2.13. The van der Waals surface area contributed by atoms with Gasteiger partial charge in [0.05, 0.1) is 6.54 Å². The van der Waals surface area contributed by atoms with Crippen LogP contribution in [0.3, 0.4) is 0 Å². The summed E-state index contributed by atoms with van der Waals surface area (Å²) >= 11 is 8.31. The fraction of sp³-hybridized carbons (Fsp3) is 0.100. The first-order valence-corrected chi connectivity index (χ1v) is 6.85. The maximum absolute atomic E-state index is 11.0.